The minimum Gasteiger partial charge on any atom is -0.392 e. The highest BCUT2D eigenvalue weighted by molar-refractivity contribution is 5.85. The molecule has 4 heteroatoms. The lowest BCUT2D eigenvalue weighted by Gasteiger charge is -2.55. The van der Waals surface area contributed by atoms with Crippen LogP contribution in [0.15, 0.2) is 0 Å². The van der Waals surface area contributed by atoms with E-state index < -0.39 is 11.5 Å². The third-order valence-corrected chi connectivity index (χ3v) is 7.18. The number of carbonyl (C=O) groups is 1. The minimum atomic E-state index is -0.869. The van der Waals surface area contributed by atoms with Crippen molar-refractivity contribution in [3.63, 3.8) is 0 Å². The fraction of sp³-hybridized carbons (Fsp3) is 0.950. The van der Waals surface area contributed by atoms with Crippen LogP contribution in [0, 0.1) is 22.2 Å². The van der Waals surface area contributed by atoms with E-state index >= 15 is 0 Å². The average Bonchev–Trinajstić information content (AvgIpc) is 2.48. The molecule has 2 aliphatic carbocycles. The maximum atomic E-state index is 12.0. The molecule has 1 amide bonds. The predicted molar refractivity (Wildman–Crippen MR) is 102 cm³/mol. The van der Waals surface area contributed by atoms with Crippen LogP contribution in [0.1, 0.15) is 91.9 Å². The van der Waals surface area contributed by atoms with Crippen molar-refractivity contribution in [1.82, 2.24) is 0 Å². The van der Waals surface area contributed by atoms with Crippen molar-refractivity contribution >= 4 is 18.3 Å². The van der Waals surface area contributed by atoms with E-state index in [1.807, 2.05) is 13.8 Å². The van der Waals surface area contributed by atoms with E-state index in [0.29, 0.717) is 0 Å². The monoisotopic (exact) mass is 359 g/mol. The molecule has 2 aliphatic rings. The van der Waals surface area contributed by atoms with Crippen LogP contribution >= 0.6 is 12.4 Å². The minimum absolute atomic E-state index is 0. The van der Waals surface area contributed by atoms with Crippen molar-refractivity contribution in [1.29, 1.82) is 0 Å². The Kier molecular flexibility index (Phi) is 7.21. The number of primary amides is 1. The maximum Gasteiger partial charge on any atom is 0.225 e. The average molecular weight is 360 g/mol. The zero-order chi connectivity index (χ0) is 17.3. The number of carbonyl (C=O) groups excluding carboxylic acids is 1. The molecule has 0 spiro atoms. The molecule has 2 saturated carbocycles. The van der Waals surface area contributed by atoms with E-state index in [-0.39, 0.29) is 35.1 Å². The smallest absolute Gasteiger partial charge is 0.225 e. The van der Waals surface area contributed by atoms with Gasteiger partial charge in [-0.05, 0) is 56.3 Å². The SMILES string of the molecule is CC1(C(C(O)C(C)(C)C(N)=O)C2(C)CCCCC2)CCCCC1.Cl. The third-order valence-electron chi connectivity index (χ3n) is 7.18. The Balaban J connectivity index is 0.00000288. The largest absolute Gasteiger partial charge is 0.392 e. The van der Waals surface area contributed by atoms with Crippen molar-refractivity contribution < 1.29 is 9.90 Å². The first-order chi connectivity index (χ1) is 10.6. The fourth-order valence-electron chi connectivity index (χ4n) is 5.51. The van der Waals surface area contributed by atoms with Crippen LogP contribution in [0.25, 0.3) is 0 Å². The highest BCUT2D eigenvalue weighted by Gasteiger charge is 2.54. The normalized spacial score (nSPS) is 24.9. The molecule has 1 unspecified atom stereocenters. The molecule has 0 aromatic heterocycles. The molecular formula is C20H38ClNO2. The standard InChI is InChI=1S/C20H37NO2.ClH/c1-18(2,17(21)23)16(22)15(19(3)11-7-5-8-12-19)20(4)13-9-6-10-14-20;/h15-16,22H,5-14H2,1-4H3,(H2,21,23);1H. The number of aliphatic hydroxyl groups is 1. The summed E-state index contributed by atoms with van der Waals surface area (Å²) in [5, 5.41) is 11.3. The van der Waals surface area contributed by atoms with E-state index in [0.717, 1.165) is 0 Å². The second kappa shape index (κ2) is 7.95. The van der Waals surface area contributed by atoms with Gasteiger partial charge in [-0.3, -0.25) is 4.79 Å². The van der Waals surface area contributed by atoms with E-state index in [9.17, 15) is 9.90 Å². The Morgan fingerprint density at radius 3 is 1.54 bits per heavy atom. The number of amides is 1. The van der Waals surface area contributed by atoms with Gasteiger partial charge in [0.25, 0.3) is 0 Å². The van der Waals surface area contributed by atoms with Gasteiger partial charge in [0.05, 0.1) is 11.5 Å². The molecule has 2 rings (SSSR count). The summed E-state index contributed by atoms with van der Waals surface area (Å²) in [5.74, 6) is -0.230. The van der Waals surface area contributed by atoms with Gasteiger partial charge in [0.15, 0.2) is 0 Å². The summed E-state index contributed by atoms with van der Waals surface area (Å²) < 4.78 is 0. The molecule has 2 fully saturated rings. The van der Waals surface area contributed by atoms with E-state index in [1.54, 1.807) is 0 Å². The van der Waals surface area contributed by atoms with Crippen LogP contribution in [-0.4, -0.2) is 17.1 Å². The Hall–Kier alpha value is -0.280. The summed E-state index contributed by atoms with van der Waals surface area (Å²) in [6.07, 6.45) is 11.6. The van der Waals surface area contributed by atoms with Crippen LogP contribution in [0.5, 0.6) is 0 Å². The second-order valence-electron chi connectivity index (χ2n) is 9.44. The van der Waals surface area contributed by atoms with Crippen LogP contribution in [-0.2, 0) is 4.79 Å². The molecule has 3 nitrogen and oxygen atoms in total. The number of aliphatic hydroxyl groups excluding tert-OH is 1. The molecular weight excluding hydrogens is 322 g/mol. The predicted octanol–water partition coefficient (Wildman–Crippen LogP) is 4.84. The van der Waals surface area contributed by atoms with E-state index in [4.69, 9.17) is 5.73 Å². The van der Waals surface area contributed by atoms with Crippen molar-refractivity contribution in [2.75, 3.05) is 0 Å². The lowest BCUT2D eigenvalue weighted by atomic mass is 9.50. The van der Waals surface area contributed by atoms with Gasteiger partial charge in [-0.25, -0.2) is 0 Å². The number of hydrogen-bond acceptors (Lipinski definition) is 2. The van der Waals surface area contributed by atoms with Crippen LogP contribution < -0.4 is 5.73 Å². The Bertz CT molecular complexity index is 399. The van der Waals surface area contributed by atoms with Gasteiger partial charge < -0.3 is 10.8 Å². The lowest BCUT2D eigenvalue weighted by Crippen LogP contribution is -2.56. The van der Waals surface area contributed by atoms with Crippen molar-refractivity contribution in [3.8, 4) is 0 Å². The molecule has 142 valence electrons. The van der Waals surface area contributed by atoms with Crippen molar-refractivity contribution in [2.45, 2.75) is 98.0 Å². The first kappa shape index (κ1) is 21.8. The molecule has 0 saturated heterocycles. The number of rotatable bonds is 5. The van der Waals surface area contributed by atoms with Gasteiger partial charge in [0, 0.05) is 0 Å². The first-order valence-corrected chi connectivity index (χ1v) is 9.61. The Morgan fingerprint density at radius 1 is 0.917 bits per heavy atom. The van der Waals surface area contributed by atoms with Gasteiger partial charge in [0.2, 0.25) is 5.91 Å². The molecule has 0 aliphatic heterocycles. The van der Waals surface area contributed by atoms with E-state index in [1.165, 1.54) is 64.2 Å². The lowest BCUT2D eigenvalue weighted by molar-refractivity contribution is -0.151. The van der Waals surface area contributed by atoms with Gasteiger partial charge in [-0.15, -0.1) is 12.4 Å². The topological polar surface area (TPSA) is 63.3 Å². The molecule has 1 atom stereocenters. The highest BCUT2D eigenvalue weighted by Crippen LogP contribution is 2.57. The van der Waals surface area contributed by atoms with Gasteiger partial charge in [-0.2, -0.15) is 0 Å². The van der Waals surface area contributed by atoms with E-state index in [2.05, 4.69) is 13.8 Å². The number of nitrogens with two attached hydrogens (primary N) is 1. The summed E-state index contributed by atoms with van der Waals surface area (Å²) in [7, 11) is 0. The molecule has 0 aromatic rings. The number of hydrogen-bond donors (Lipinski definition) is 2. The molecule has 3 N–H and O–H groups in total. The summed E-state index contributed by atoms with van der Waals surface area (Å²) >= 11 is 0. The summed E-state index contributed by atoms with van der Waals surface area (Å²) in [5.41, 5.74) is 5.03. The van der Waals surface area contributed by atoms with Crippen LogP contribution in [0.4, 0.5) is 0 Å². The Morgan fingerprint density at radius 2 is 1.25 bits per heavy atom. The first-order valence-electron chi connectivity index (χ1n) is 9.61. The molecule has 0 bridgehead atoms. The Labute approximate surface area is 154 Å². The van der Waals surface area contributed by atoms with Gasteiger partial charge >= 0.3 is 0 Å². The van der Waals surface area contributed by atoms with Crippen molar-refractivity contribution in [2.24, 2.45) is 27.9 Å². The summed E-state index contributed by atoms with van der Waals surface area (Å²) in [6.45, 7) is 8.37. The molecule has 24 heavy (non-hydrogen) atoms. The summed E-state index contributed by atoms with van der Waals surface area (Å²) in [4.78, 5) is 12.0. The fourth-order valence-corrected chi connectivity index (χ4v) is 5.51. The zero-order valence-electron chi connectivity index (χ0n) is 16.1. The molecule has 0 heterocycles. The zero-order valence-corrected chi connectivity index (χ0v) is 16.9. The number of halogens is 1. The van der Waals surface area contributed by atoms with Crippen LogP contribution in [0.2, 0.25) is 0 Å². The van der Waals surface area contributed by atoms with Gasteiger partial charge in [0.1, 0.15) is 0 Å². The van der Waals surface area contributed by atoms with Gasteiger partial charge in [-0.1, -0.05) is 52.4 Å². The summed E-state index contributed by atoms with van der Waals surface area (Å²) in [6, 6.07) is 0. The third kappa shape index (κ3) is 4.09. The van der Waals surface area contributed by atoms with Crippen molar-refractivity contribution in [3.05, 3.63) is 0 Å². The maximum absolute atomic E-state index is 12.0. The highest BCUT2D eigenvalue weighted by atomic mass is 35.5. The van der Waals surface area contributed by atoms with Crippen LogP contribution in [0.3, 0.4) is 0 Å². The molecule has 0 radical (unpaired) electrons. The molecule has 0 aromatic carbocycles. The quantitative estimate of drug-likeness (QED) is 0.737. The second-order valence-corrected chi connectivity index (χ2v) is 9.44.